The van der Waals surface area contributed by atoms with Crippen molar-refractivity contribution in [1.29, 1.82) is 0 Å². The van der Waals surface area contributed by atoms with Gasteiger partial charge in [0.25, 0.3) is 5.69 Å². The Morgan fingerprint density at radius 1 is 1.45 bits per heavy atom. The maximum Gasteiger partial charge on any atom is 0.271 e. The van der Waals surface area contributed by atoms with Crippen molar-refractivity contribution in [2.24, 2.45) is 0 Å². The summed E-state index contributed by atoms with van der Waals surface area (Å²) >= 11 is 6.12. The lowest BCUT2D eigenvalue weighted by Gasteiger charge is -2.19. The van der Waals surface area contributed by atoms with Crippen LogP contribution in [0.25, 0.3) is 0 Å². The Morgan fingerprint density at radius 2 is 2.25 bits per heavy atom. The van der Waals surface area contributed by atoms with E-state index >= 15 is 0 Å². The third-order valence-corrected chi connectivity index (χ3v) is 4.12. The van der Waals surface area contributed by atoms with E-state index in [4.69, 9.17) is 11.6 Å². The summed E-state index contributed by atoms with van der Waals surface area (Å²) in [6.07, 6.45) is 3.24. The highest BCUT2D eigenvalue weighted by Crippen LogP contribution is 2.28. The van der Waals surface area contributed by atoms with E-state index in [1.165, 1.54) is 12.1 Å². The molecular weight excluding hydrogens is 278 g/mol. The van der Waals surface area contributed by atoms with E-state index in [-0.39, 0.29) is 5.69 Å². The zero-order valence-corrected chi connectivity index (χ0v) is 12.4. The second-order valence-electron chi connectivity index (χ2n) is 5.13. The van der Waals surface area contributed by atoms with E-state index in [2.05, 4.69) is 17.1 Å². The van der Waals surface area contributed by atoms with Crippen LogP contribution >= 0.6 is 11.6 Å². The summed E-state index contributed by atoms with van der Waals surface area (Å²) in [7, 11) is 0. The van der Waals surface area contributed by atoms with E-state index in [1.54, 1.807) is 6.07 Å². The Hall–Kier alpha value is -1.33. The lowest BCUT2D eigenvalue weighted by atomic mass is 10.1. The molecule has 1 saturated heterocycles. The van der Waals surface area contributed by atoms with E-state index < -0.39 is 4.92 Å². The third kappa shape index (κ3) is 3.84. The molecule has 1 aromatic carbocycles. The average Bonchev–Trinajstić information content (AvgIpc) is 2.66. The van der Waals surface area contributed by atoms with Crippen LogP contribution in [0.4, 0.5) is 11.4 Å². The molecule has 0 amide bonds. The quantitative estimate of drug-likeness (QED) is 0.682. The maximum absolute atomic E-state index is 10.8. The smallest absolute Gasteiger partial charge is 0.271 e. The Kier molecular flexibility index (Phi) is 5.20. The third-order valence-electron chi connectivity index (χ3n) is 3.79. The first kappa shape index (κ1) is 15.1. The number of hydrogen-bond donors (Lipinski definition) is 1. The lowest BCUT2D eigenvalue weighted by Crippen LogP contribution is -2.26. The van der Waals surface area contributed by atoms with Gasteiger partial charge in [-0.25, -0.2) is 0 Å². The van der Waals surface area contributed by atoms with Crippen molar-refractivity contribution >= 4 is 23.0 Å². The van der Waals surface area contributed by atoms with Gasteiger partial charge in [-0.3, -0.25) is 10.1 Å². The van der Waals surface area contributed by atoms with Gasteiger partial charge >= 0.3 is 0 Å². The molecule has 1 fully saturated rings. The summed E-state index contributed by atoms with van der Waals surface area (Å²) in [6, 6.07) is 4.85. The van der Waals surface area contributed by atoms with Crippen LogP contribution in [0.2, 0.25) is 5.02 Å². The molecule has 1 unspecified atom stereocenters. The van der Waals surface area contributed by atoms with E-state index in [1.807, 2.05) is 0 Å². The van der Waals surface area contributed by atoms with Crippen molar-refractivity contribution < 1.29 is 4.92 Å². The number of likely N-dealkylation sites (tertiary alicyclic amines) is 1. The molecule has 6 heteroatoms. The fourth-order valence-corrected chi connectivity index (χ4v) is 2.75. The first-order valence-corrected chi connectivity index (χ1v) is 7.40. The van der Waals surface area contributed by atoms with Gasteiger partial charge in [0.05, 0.1) is 15.6 Å². The van der Waals surface area contributed by atoms with Crippen LogP contribution in [-0.2, 0) is 0 Å². The van der Waals surface area contributed by atoms with Crippen LogP contribution in [-0.4, -0.2) is 35.5 Å². The molecule has 5 nitrogen and oxygen atoms in total. The number of nitro groups is 1. The largest absolute Gasteiger partial charge is 0.381 e. The predicted molar refractivity (Wildman–Crippen MR) is 81.5 cm³/mol. The molecule has 110 valence electrons. The molecule has 0 aliphatic carbocycles. The van der Waals surface area contributed by atoms with Crippen molar-refractivity contribution in [1.82, 2.24) is 4.90 Å². The van der Waals surface area contributed by atoms with Crippen molar-refractivity contribution in [3.8, 4) is 0 Å². The molecule has 0 spiro atoms. The zero-order valence-electron chi connectivity index (χ0n) is 11.6. The van der Waals surface area contributed by atoms with Crippen molar-refractivity contribution in [3.05, 3.63) is 33.3 Å². The Labute approximate surface area is 124 Å². The molecule has 20 heavy (non-hydrogen) atoms. The molecule has 0 bridgehead atoms. The molecule has 0 saturated carbocycles. The van der Waals surface area contributed by atoms with E-state index in [9.17, 15) is 10.1 Å². The van der Waals surface area contributed by atoms with Crippen LogP contribution in [0.3, 0.4) is 0 Å². The normalized spacial score (nSPS) is 20.4. The summed E-state index contributed by atoms with van der Waals surface area (Å²) in [5.74, 6) is 0. The van der Waals surface area contributed by atoms with Gasteiger partial charge in [-0.1, -0.05) is 18.5 Å². The summed E-state index contributed by atoms with van der Waals surface area (Å²) in [4.78, 5) is 12.9. The predicted octanol–water partition coefficient (Wildman–Crippen LogP) is 3.53. The summed E-state index contributed by atoms with van der Waals surface area (Å²) in [5.41, 5.74) is 0.733. The standard InChI is InChI=1S/C14H20ClN3O2/c1-2-17-8-3-4-11(7-9-17)16-14-10-12(18(19)20)5-6-13(14)15/h5-6,10-11,16H,2-4,7-9H2,1H3. The van der Waals surface area contributed by atoms with Crippen LogP contribution in [0, 0.1) is 10.1 Å². The molecule has 0 aromatic heterocycles. The van der Waals surface area contributed by atoms with Gasteiger partial charge in [-0.05, 0) is 38.4 Å². The average molecular weight is 298 g/mol. The topological polar surface area (TPSA) is 58.4 Å². The van der Waals surface area contributed by atoms with Crippen LogP contribution in [0.1, 0.15) is 26.2 Å². The highest BCUT2D eigenvalue weighted by atomic mass is 35.5. The summed E-state index contributed by atoms with van der Waals surface area (Å²) in [6.45, 7) is 5.42. The fraction of sp³-hybridized carbons (Fsp3) is 0.571. The Morgan fingerprint density at radius 3 is 2.95 bits per heavy atom. The van der Waals surface area contributed by atoms with Crippen LogP contribution in [0.15, 0.2) is 18.2 Å². The van der Waals surface area contributed by atoms with Gasteiger partial charge in [0.1, 0.15) is 0 Å². The van der Waals surface area contributed by atoms with E-state index in [0.29, 0.717) is 16.8 Å². The van der Waals surface area contributed by atoms with Crippen molar-refractivity contribution in [3.63, 3.8) is 0 Å². The van der Waals surface area contributed by atoms with E-state index in [0.717, 1.165) is 38.9 Å². The number of hydrogen-bond acceptors (Lipinski definition) is 4. The van der Waals surface area contributed by atoms with Gasteiger partial charge in [-0.15, -0.1) is 0 Å². The highest BCUT2D eigenvalue weighted by Gasteiger charge is 2.18. The number of anilines is 1. The SMILES string of the molecule is CCN1CCCC(Nc2cc([N+](=O)[O-])ccc2Cl)CC1. The Balaban J connectivity index is 2.05. The molecule has 1 aliphatic rings. The molecular formula is C14H20ClN3O2. The molecule has 1 heterocycles. The fourth-order valence-electron chi connectivity index (χ4n) is 2.57. The monoisotopic (exact) mass is 297 g/mol. The molecule has 1 aliphatic heterocycles. The van der Waals surface area contributed by atoms with Gasteiger partial charge in [-0.2, -0.15) is 0 Å². The van der Waals surface area contributed by atoms with Crippen LogP contribution in [0.5, 0.6) is 0 Å². The Bertz CT molecular complexity index is 481. The van der Waals surface area contributed by atoms with Gasteiger partial charge in [0.2, 0.25) is 0 Å². The summed E-state index contributed by atoms with van der Waals surface area (Å²) in [5, 5.41) is 14.7. The number of nitrogens with zero attached hydrogens (tertiary/aromatic N) is 2. The van der Waals surface area contributed by atoms with Gasteiger partial charge < -0.3 is 10.2 Å². The molecule has 1 N–H and O–H groups in total. The maximum atomic E-state index is 10.8. The first-order valence-electron chi connectivity index (χ1n) is 7.03. The number of nitro benzene ring substituents is 1. The second-order valence-corrected chi connectivity index (χ2v) is 5.53. The number of benzene rings is 1. The number of halogens is 1. The minimum Gasteiger partial charge on any atom is -0.381 e. The summed E-state index contributed by atoms with van der Waals surface area (Å²) < 4.78 is 0. The minimum atomic E-state index is -0.395. The second kappa shape index (κ2) is 6.90. The zero-order chi connectivity index (χ0) is 14.5. The van der Waals surface area contributed by atoms with Crippen molar-refractivity contribution in [2.45, 2.75) is 32.2 Å². The number of non-ortho nitro benzene ring substituents is 1. The molecule has 2 rings (SSSR count). The number of rotatable bonds is 4. The van der Waals surface area contributed by atoms with Crippen molar-refractivity contribution in [2.75, 3.05) is 25.0 Å². The molecule has 0 radical (unpaired) electrons. The van der Waals surface area contributed by atoms with Crippen LogP contribution < -0.4 is 5.32 Å². The van der Waals surface area contributed by atoms with Gasteiger partial charge in [0, 0.05) is 24.7 Å². The van der Waals surface area contributed by atoms with Gasteiger partial charge in [0.15, 0.2) is 0 Å². The minimum absolute atomic E-state index is 0.0701. The lowest BCUT2D eigenvalue weighted by molar-refractivity contribution is -0.384. The number of nitrogens with one attached hydrogen (secondary N) is 1. The first-order chi connectivity index (χ1) is 9.60. The molecule has 1 aromatic rings. The highest BCUT2D eigenvalue weighted by molar-refractivity contribution is 6.33. The molecule has 1 atom stereocenters.